The molecule has 0 spiro atoms. The van der Waals surface area contributed by atoms with Gasteiger partial charge in [-0.3, -0.25) is 0 Å². The summed E-state index contributed by atoms with van der Waals surface area (Å²) in [5.41, 5.74) is 0.893. The summed E-state index contributed by atoms with van der Waals surface area (Å²) in [4.78, 5) is 14.1. The Balaban J connectivity index is 1.79. The van der Waals surface area contributed by atoms with Crippen LogP contribution < -0.4 is 5.32 Å². The van der Waals surface area contributed by atoms with Crippen molar-refractivity contribution >= 4 is 6.03 Å². The third-order valence-electron chi connectivity index (χ3n) is 3.81. The molecule has 4 nitrogen and oxygen atoms in total. The molecule has 2 rings (SSSR count). The van der Waals surface area contributed by atoms with Gasteiger partial charge in [0, 0.05) is 32.3 Å². The van der Waals surface area contributed by atoms with Crippen molar-refractivity contribution in [3.8, 4) is 0 Å². The fourth-order valence-electron chi connectivity index (χ4n) is 2.67. The van der Waals surface area contributed by atoms with Crippen LogP contribution in [0.25, 0.3) is 0 Å². The summed E-state index contributed by atoms with van der Waals surface area (Å²) < 4.78 is 18.4. The summed E-state index contributed by atoms with van der Waals surface area (Å²) in [5, 5.41) is 2.92. The molecule has 1 saturated heterocycles. The van der Waals surface area contributed by atoms with Crippen molar-refractivity contribution in [2.45, 2.75) is 32.2 Å². The average Bonchev–Trinajstić information content (AvgIpc) is 2.49. The number of halogens is 1. The summed E-state index contributed by atoms with van der Waals surface area (Å²) in [6.45, 7) is 4.63. The Morgan fingerprint density at radius 2 is 2.19 bits per heavy atom. The smallest absolute Gasteiger partial charge is 0.317 e. The minimum absolute atomic E-state index is 0.0409. The number of nitrogens with one attached hydrogen (secondary N) is 1. The molecule has 1 N–H and O–H groups in total. The van der Waals surface area contributed by atoms with Gasteiger partial charge >= 0.3 is 6.03 Å². The van der Waals surface area contributed by atoms with Gasteiger partial charge in [0.2, 0.25) is 0 Å². The van der Waals surface area contributed by atoms with Crippen molar-refractivity contribution in [1.29, 1.82) is 0 Å². The van der Waals surface area contributed by atoms with Gasteiger partial charge in [-0.05, 0) is 43.9 Å². The third-order valence-corrected chi connectivity index (χ3v) is 3.81. The van der Waals surface area contributed by atoms with E-state index in [9.17, 15) is 9.18 Å². The summed E-state index contributed by atoms with van der Waals surface area (Å²) >= 11 is 0. The van der Waals surface area contributed by atoms with E-state index in [1.807, 2.05) is 17.9 Å². The molecule has 2 amide bonds. The van der Waals surface area contributed by atoms with E-state index in [4.69, 9.17) is 4.74 Å². The summed E-state index contributed by atoms with van der Waals surface area (Å²) in [7, 11) is 0. The largest absolute Gasteiger partial charge is 0.381 e. The van der Waals surface area contributed by atoms with Gasteiger partial charge in [0.1, 0.15) is 5.82 Å². The maximum atomic E-state index is 13.1. The van der Waals surface area contributed by atoms with E-state index < -0.39 is 0 Å². The first-order valence-electron chi connectivity index (χ1n) is 7.57. The third kappa shape index (κ3) is 4.70. The highest BCUT2D eigenvalue weighted by molar-refractivity contribution is 5.74. The van der Waals surface area contributed by atoms with Crippen molar-refractivity contribution in [3.63, 3.8) is 0 Å². The lowest BCUT2D eigenvalue weighted by Gasteiger charge is -2.33. The maximum Gasteiger partial charge on any atom is 0.317 e. The van der Waals surface area contributed by atoms with E-state index in [1.165, 1.54) is 12.1 Å². The molecule has 0 radical (unpaired) electrons. The Kier molecular flexibility index (Phi) is 5.99. The Morgan fingerprint density at radius 3 is 2.86 bits per heavy atom. The molecule has 116 valence electrons. The van der Waals surface area contributed by atoms with Crippen LogP contribution in [0.5, 0.6) is 0 Å². The van der Waals surface area contributed by atoms with Crippen molar-refractivity contribution in [2.75, 3.05) is 26.3 Å². The molecule has 21 heavy (non-hydrogen) atoms. The zero-order valence-electron chi connectivity index (χ0n) is 12.5. The molecule has 1 aromatic carbocycles. The highest BCUT2D eigenvalue weighted by Gasteiger charge is 2.24. The Labute approximate surface area is 125 Å². The van der Waals surface area contributed by atoms with Gasteiger partial charge in [0.25, 0.3) is 0 Å². The number of rotatable bonds is 5. The van der Waals surface area contributed by atoms with Crippen molar-refractivity contribution in [3.05, 3.63) is 35.6 Å². The fraction of sp³-hybridized carbons (Fsp3) is 0.562. The van der Waals surface area contributed by atoms with Crippen LogP contribution in [0.2, 0.25) is 0 Å². The Bertz CT molecular complexity index is 461. The SMILES string of the molecule is CCN(C(=O)NCCc1cccc(F)c1)C1CCOCC1. The lowest BCUT2D eigenvalue weighted by molar-refractivity contribution is 0.0473. The van der Waals surface area contributed by atoms with Crippen LogP contribution >= 0.6 is 0 Å². The van der Waals surface area contributed by atoms with Crippen LogP contribution in [0, 0.1) is 5.82 Å². The predicted octanol–water partition coefficient (Wildman–Crippen LogP) is 2.58. The lowest BCUT2D eigenvalue weighted by atomic mass is 10.1. The van der Waals surface area contributed by atoms with Gasteiger partial charge in [-0.1, -0.05) is 12.1 Å². The minimum atomic E-state index is -0.240. The summed E-state index contributed by atoms with van der Waals surface area (Å²) in [6, 6.07) is 6.70. The van der Waals surface area contributed by atoms with Gasteiger partial charge in [-0.25, -0.2) is 9.18 Å². The second kappa shape index (κ2) is 7.98. The standard InChI is InChI=1S/C16H23FN2O2/c1-2-19(15-7-10-21-11-8-15)16(20)18-9-6-13-4-3-5-14(17)12-13/h3-5,12,15H,2,6-11H2,1H3,(H,18,20). The average molecular weight is 294 g/mol. The first-order chi connectivity index (χ1) is 10.2. The van der Waals surface area contributed by atoms with E-state index in [1.54, 1.807) is 6.07 Å². The zero-order valence-corrected chi connectivity index (χ0v) is 12.5. The number of benzene rings is 1. The second-order valence-electron chi connectivity index (χ2n) is 5.24. The molecule has 0 atom stereocenters. The van der Waals surface area contributed by atoms with E-state index in [0.717, 1.165) is 31.6 Å². The van der Waals surface area contributed by atoms with Gasteiger partial charge in [0.05, 0.1) is 0 Å². The molecule has 0 unspecified atom stereocenters. The number of urea groups is 1. The number of ether oxygens (including phenoxy) is 1. The van der Waals surface area contributed by atoms with Gasteiger partial charge in [-0.15, -0.1) is 0 Å². The molecular weight excluding hydrogens is 271 g/mol. The van der Waals surface area contributed by atoms with Crippen molar-refractivity contribution in [2.24, 2.45) is 0 Å². The first kappa shape index (κ1) is 15.8. The topological polar surface area (TPSA) is 41.6 Å². The van der Waals surface area contributed by atoms with Gasteiger partial charge in [0.15, 0.2) is 0 Å². The monoisotopic (exact) mass is 294 g/mol. The molecule has 1 aliphatic heterocycles. The number of carbonyl (C=O) groups is 1. The van der Waals surface area contributed by atoms with Crippen LogP contribution in [0.15, 0.2) is 24.3 Å². The Hall–Kier alpha value is -1.62. The highest BCUT2D eigenvalue weighted by Crippen LogP contribution is 2.14. The van der Waals surface area contributed by atoms with E-state index in [-0.39, 0.29) is 17.9 Å². The number of carbonyl (C=O) groups excluding carboxylic acids is 1. The van der Waals surface area contributed by atoms with Crippen LogP contribution in [0.1, 0.15) is 25.3 Å². The molecule has 1 heterocycles. The number of nitrogens with zero attached hydrogens (tertiary/aromatic N) is 1. The molecule has 1 aliphatic rings. The number of amides is 2. The fourth-order valence-corrected chi connectivity index (χ4v) is 2.67. The normalized spacial score (nSPS) is 15.7. The molecule has 0 aromatic heterocycles. The summed E-state index contributed by atoms with van der Waals surface area (Å²) in [5.74, 6) is -0.240. The van der Waals surface area contributed by atoms with Crippen molar-refractivity contribution < 1.29 is 13.9 Å². The molecule has 5 heteroatoms. The van der Waals surface area contributed by atoms with Crippen LogP contribution in [-0.2, 0) is 11.2 Å². The molecule has 0 bridgehead atoms. The quantitative estimate of drug-likeness (QED) is 0.907. The molecule has 1 fully saturated rings. The van der Waals surface area contributed by atoms with E-state index in [2.05, 4.69) is 5.32 Å². The van der Waals surface area contributed by atoms with Gasteiger partial charge in [-0.2, -0.15) is 0 Å². The van der Waals surface area contributed by atoms with Gasteiger partial charge < -0.3 is 15.0 Å². The predicted molar refractivity (Wildman–Crippen MR) is 79.7 cm³/mol. The van der Waals surface area contributed by atoms with E-state index >= 15 is 0 Å². The molecule has 1 aromatic rings. The summed E-state index contributed by atoms with van der Waals surface area (Å²) in [6.07, 6.45) is 2.42. The second-order valence-corrected chi connectivity index (χ2v) is 5.24. The number of hydrogen-bond acceptors (Lipinski definition) is 2. The van der Waals surface area contributed by atoms with Crippen LogP contribution in [0.3, 0.4) is 0 Å². The Morgan fingerprint density at radius 1 is 1.43 bits per heavy atom. The molecule has 0 saturated carbocycles. The highest BCUT2D eigenvalue weighted by atomic mass is 19.1. The lowest BCUT2D eigenvalue weighted by Crippen LogP contribution is -2.48. The zero-order chi connectivity index (χ0) is 15.1. The van der Waals surface area contributed by atoms with Crippen LogP contribution in [0.4, 0.5) is 9.18 Å². The molecular formula is C16H23FN2O2. The van der Waals surface area contributed by atoms with E-state index in [0.29, 0.717) is 19.5 Å². The van der Waals surface area contributed by atoms with Crippen LogP contribution in [-0.4, -0.2) is 43.3 Å². The minimum Gasteiger partial charge on any atom is -0.381 e. The number of hydrogen-bond donors (Lipinski definition) is 1. The van der Waals surface area contributed by atoms with Crippen molar-refractivity contribution in [1.82, 2.24) is 10.2 Å². The first-order valence-corrected chi connectivity index (χ1v) is 7.57. The molecule has 0 aliphatic carbocycles. The maximum absolute atomic E-state index is 13.1.